The average molecular weight is 249 g/mol. The molecule has 3 rings (SSSR count). The van der Waals surface area contributed by atoms with Crippen molar-refractivity contribution in [1.82, 2.24) is 0 Å². The van der Waals surface area contributed by atoms with Crippen LogP contribution in [-0.2, 0) is 0 Å². The van der Waals surface area contributed by atoms with Crippen molar-refractivity contribution in [3.05, 3.63) is 71.0 Å². The van der Waals surface area contributed by atoms with E-state index in [4.69, 9.17) is 4.99 Å². The molecule has 0 fully saturated rings. The van der Waals surface area contributed by atoms with Gasteiger partial charge in [0.25, 0.3) is 0 Å². The van der Waals surface area contributed by atoms with Crippen LogP contribution in [0.3, 0.4) is 0 Å². The summed E-state index contributed by atoms with van der Waals surface area (Å²) < 4.78 is 0. The first kappa shape index (κ1) is 12.2. The van der Waals surface area contributed by atoms with E-state index in [9.17, 15) is 0 Å². The third kappa shape index (κ3) is 2.33. The molecule has 0 spiro atoms. The first-order valence-electron chi connectivity index (χ1n) is 6.95. The van der Waals surface area contributed by atoms with Gasteiger partial charge in [0.05, 0.1) is 5.70 Å². The van der Waals surface area contributed by atoms with E-state index in [-0.39, 0.29) is 0 Å². The van der Waals surface area contributed by atoms with E-state index >= 15 is 0 Å². The van der Waals surface area contributed by atoms with E-state index in [0.29, 0.717) is 5.92 Å². The second-order valence-electron chi connectivity index (χ2n) is 5.41. The normalized spacial score (nSPS) is 20.1. The molecule has 2 aliphatic carbocycles. The Morgan fingerprint density at radius 1 is 1.21 bits per heavy atom. The second-order valence-corrected chi connectivity index (χ2v) is 5.41. The van der Waals surface area contributed by atoms with Crippen molar-refractivity contribution in [2.75, 3.05) is 0 Å². The van der Waals surface area contributed by atoms with E-state index < -0.39 is 0 Å². The molecule has 0 saturated heterocycles. The molecule has 1 nitrogen and oxygen atoms in total. The van der Waals surface area contributed by atoms with Crippen LogP contribution in [0.2, 0.25) is 0 Å². The Morgan fingerprint density at radius 2 is 2.00 bits per heavy atom. The standard InChI is InChI=1S/C18H19N/c1-13(2)7-5-12-17-18(14-8-3-4-9-14)15-10-6-11-16(15)19-17/h3-4,6-11,14H,5,12H2,1-2H3. The van der Waals surface area contributed by atoms with Crippen LogP contribution in [0.25, 0.3) is 0 Å². The Labute approximate surface area is 115 Å². The smallest absolute Gasteiger partial charge is 0.0709 e. The molecule has 0 unspecified atom stereocenters. The maximum absolute atomic E-state index is 4.82. The second kappa shape index (κ2) is 5.00. The van der Waals surface area contributed by atoms with E-state index in [2.05, 4.69) is 62.5 Å². The molecule has 0 aromatic carbocycles. The van der Waals surface area contributed by atoms with Gasteiger partial charge in [0, 0.05) is 17.2 Å². The first-order valence-corrected chi connectivity index (χ1v) is 6.95. The summed E-state index contributed by atoms with van der Waals surface area (Å²) in [5, 5.41) is 0. The van der Waals surface area contributed by atoms with Crippen LogP contribution in [0.4, 0.5) is 0 Å². The SMILES string of the molecule is CC(C)=CCCC1=NC2=CC=CC2=C1C1C=CC=C1. The van der Waals surface area contributed by atoms with Gasteiger partial charge in [-0.1, -0.05) is 48.1 Å². The van der Waals surface area contributed by atoms with Crippen molar-refractivity contribution in [2.45, 2.75) is 26.7 Å². The number of nitrogens with zero attached hydrogens (tertiary/aromatic N) is 1. The van der Waals surface area contributed by atoms with Crippen LogP contribution < -0.4 is 0 Å². The Hall–Kier alpha value is -1.89. The lowest BCUT2D eigenvalue weighted by Gasteiger charge is -2.11. The van der Waals surface area contributed by atoms with Crippen LogP contribution in [-0.4, -0.2) is 5.71 Å². The fourth-order valence-electron chi connectivity index (χ4n) is 2.78. The molecular formula is C18H19N. The fourth-order valence-corrected chi connectivity index (χ4v) is 2.78. The Kier molecular flexibility index (Phi) is 3.20. The quantitative estimate of drug-likeness (QED) is 0.641. The van der Waals surface area contributed by atoms with Crippen molar-refractivity contribution < 1.29 is 0 Å². The molecule has 0 saturated carbocycles. The van der Waals surface area contributed by atoms with Gasteiger partial charge < -0.3 is 0 Å². The summed E-state index contributed by atoms with van der Waals surface area (Å²) in [7, 11) is 0. The molecule has 0 bridgehead atoms. The molecule has 0 aromatic heterocycles. The maximum atomic E-state index is 4.82. The Balaban J connectivity index is 1.86. The zero-order valence-corrected chi connectivity index (χ0v) is 11.6. The molecule has 96 valence electrons. The average Bonchev–Trinajstić information content (AvgIpc) is 3.02. The highest BCUT2D eigenvalue weighted by Crippen LogP contribution is 2.37. The Bertz CT molecular complexity index is 588. The predicted octanol–water partition coefficient (Wildman–Crippen LogP) is 4.68. The molecule has 0 atom stereocenters. The van der Waals surface area contributed by atoms with Crippen molar-refractivity contribution in [2.24, 2.45) is 10.9 Å². The summed E-state index contributed by atoms with van der Waals surface area (Å²) >= 11 is 0. The van der Waals surface area contributed by atoms with E-state index in [1.165, 1.54) is 22.4 Å². The summed E-state index contributed by atoms with van der Waals surface area (Å²) in [5.41, 5.74) is 6.54. The fraction of sp³-hybridized carbons (Fsp3) is 0.278. The highest BCUT2D eigenvalue weighted by molar-refractivity contribution is 6.07. The molecule has 1 heteroatoms. The van der Waals surface area contributed by atoms with Gasteiger partial charge in [-0.2, -0.15) is 0 Å². The third-order valence-corrected chi connectivity index (χ3v) is 3.66. The van der Waals surface area contributed by atoms with Gasteiger partial charge in [-0.3, -0.25) is 4.99 Å². The number of hydrogen-bond donors (Lipinski definition) is 0. The van der Waals surface area contributed by atoms with Gasteiger partial charge in [-0.05, 0) is 38.3 Å². The lowest BCUT2D eigenvalue weighted by atomic mass is 9.91. The number of allylic oxidation sites excluding steroid dienone is 10. The zero-order valence-electron chi connectivity index (χ0n) is 11.6. The van der Waals surface area contributed by atoms with Crippen molar-refractivity contribution in [1.29, 1.82) is 0 Å². The first-order chi connectivity index (χ1) is 9.25. The molecule has 0 amide bonds. The van der Waals surface area contributed by atoms with Crippen LogP contribution in [0, 0.1) is 5.92 Å². The number of rotatable bonds is 4. The van der Waals surface area contributed by atoms with Gasteiger partial charge in [0.2, 0.25) is 0 Å². The van der Waals surface area contributed by atoms with Gasteiger partial charge in [-0.15, -0.1) is 0 Å². The van der Waals surface area contributed by atoms with E-state index in [1.807, 2.05) is 0 Å². The van der Waals surface area contributed by atoms with Crippen molar-refractivity contribution >= 4 is 5.71 Å². The number of hydrogen-bond acceptors (Lipinski definition) is 1. The minimum absolute atomic E-state index is 0.411. The topological polar surface area (TPSA) is 12.4 Å². The highest BCUT2D eigenvalue weighted by Gasteiger charge is 2.27. The molecule has 3 aliphatic rings. The largest absolute Gasteiger partial charge is 0.252 e. The van der Waals surface area contributed by atoms with Gasteiger partial charge in [0.15, 0.2) is 0 Å². The summed E-state index contributed by atoms with van der Waals surface area (Å²) in [4.78, 5) is 4.82. The Morgan fingerprint density at radius 3 is 2.74 bits per heavy atom. The summed E-state index contributed by atoms with van der Waals surface area (Å²) in [6.07, 6.45) is 19.6. The van der Waals surface area contributed by atoms with E-state index in [0.717, 1.165) is 18.5 Å². The van der Waals surface area contributed by atoms with Crippen molar-refractivity contribution in [3.8, 4) is 0 Å². The lowest BCUT2D eigenvalue weighted by molar-refractivity contribution is 1.00. The summed E-state index contributed by atoms with van der Waals surface area (Å²) in [6.45, 7) is 4.30. The number of aliphatic imine (C=N–C) groups is 1. The minimum Gasteiger partial charge on any atom is -0.252 e. The van der Waals surface area contributed by atoms with Crippen LogP contribution >= 0.6 is 0 Å². The minimum atomic E-state index is 0.411. The zero-order chi connectivity index (χ0) is 13.2. The van der Waals surface area contributed by atoms with Crippen LogP contribution in [0.15, 0.2) is 76.0 Å². The van der Waals surface area contributed by atoms with E-state index in [1.54, 1.807) is 0 Å². The predicted molar refractivity (Wildman–Crippen MR) is 82.1 cm³/mol. The van der Waals surface area contributed by atoms with Crippen LogP contribution in [0.5, 0.6) is 0 Å². The molecule has 1 aliphatic heterocycles. The van der Waals surface area contributed by atoms with Crippen molar-refractivity contribution in [3.63, 3.8) is 0 Å². The molecule has 0 N–H and O–H groups in total. The molecule has 19 heavy (non-hydrogen) atoms. The highest BCUT2D eigenvalue weighted by atomic mass is 14.8. The molecule has 0 aromatic rings. The molecule has 1 heterocycles. The van der Waals surface area contributed by atoms with Crippen LogP contribution in [0.1, 0.15) is 26.7 Å². The summed E-state index contributed by atoms with van der Waals surface area (Å²) in [6, 6.07) is 0. The third-order valence-electron chi connectivity index (χ3n) is 3.66. The monoisotopic (exact) mass is 249 g/mol. The lowest BCUT2D eigenvalue weighted by Crippen LogP contribution is -2.08. The van der Waals surface area contributed by atoms with Gasteiger partial charge in [-0.25, -0.2) is 0 Å². The number of fused-ring (bicyclic) bond motifs is 1. The van der Waals surface area contributed by atoms with Gasteiger partial charge >= 0.3 is 0 Å². The van der Waals surface area contributed by atoms with Gasteiger partial charge in [0.1, 0.15) is 0 Å². The molecule has 0 radical (unpaired) electrons. The molecular weight excluding hydrogens is 230 g/mol. The summed E-state index contributed by atoms with van der Waals surface area (Å²) in [5.74, 6) is 0.411. The maximum Gasteiger partial charge on any atom is 0.0709 e.